The summed E-state index contributed by atoms with van der Waals surface area (Å²) in [5, 5.41) is 2.73. The number of carbonyl (C=O) groups excluding carboxylic acids is 1. The summed E-state index contributed by atoms with van der Waals surface area (Å²) in [6.07, 6.45) is 0. The number of nitrogens with one attached hydrogen (secondary N) is 1. The monoisotopic (exact) mass is 261 g/mol. The summed E-state index contributed by atoms with van der Waals surface area (Å²) in [4.78, 5) is 12.0. The van der Waals surface area contributed by atoms with Crippen LogP contribution in [-0.4, -0.2) is 20.1 Å². The lowest BCUT2D eigenvalue weighted by Crippen LogP contribution is -2.11. The van der Waals surface area contributed by atoms with E-state index < -0.39 is 0 Å². The summed E-state index contributed by atoms with van der Waals surface area (Å²) in [5.41, 5.74) is 0.558. The molecule has 0 unspecified atom stereocenters. The lowest BCUT2D eigenvalue weighted by molar-refractivity contribution is 0.0995. The highest BCUT2D eigenvalue weighted by atomic mass is 16.5. The number of hydrogen-bond donors (Lipinski definition) is 1. The van der Waals surface area contributed by atoms with Crippen LogP contribution in [0, 0.1) is 6.92 Å². The first kappa shape index (κ1) is 13.0. The molecule has 1 amide bonds. The minimum atomic E-state index is -0.323. The van der Waals surface area contributed by atoms with Crippen molar-refractivity contribution >= 4 is 11.6 Å². The minimum absolute atomic E-state index is 0.260. The van der Waals surface area contributed by atoms with Crippen LogP contribution in [0.15, 0.2) is 34.7 Å². The standard InChI is InChI=1S/C14H15NO4/c1-9-4-7-12(19-9)14(16)15-11-6-5-10(17-2)8-13(11)18-3/h4-8H,1-3H3,(H,15,16). The SMILES string of the molecule is COc1ccc(NC(=O)c2ccc(C)o2)c(OC)c1. The van der Waals surface area contributed by atoms with Crippen molar-refractivity contribution < 1.29 is 18.7 Å². The smallest absolute Gasteiger partial charge is 0.291 e. The molecular weight excluding hydrogens is 246 g/mol. The molecule has 5 nitrogen and oxygen atoms in total. The van der Waals surface area contributed by atoms with Gasteiger partial charge in [0, 0.05) is 6.07 Å². The summed E-state index contributed by atoms with van der Waals surface area (Å²) in [5.74, 6) is 1.80. The van der Waals surface area contributed by atoms with Gasteiger partial charge in [-0.25, -0.2) is 0 Å². The highest BCUT2D eigenvalue weighted by Gasteiger charge is 2.13. The van der Waals surface area contributed by atoms with Crippen LogP contribution in [-0.2, 0) is 0 Å². The molecule has 0 aliphatic carbocycles. The average molecular weight is 261 g/mol. The maximum Gasteiger partial charge on any atom is 0.291 e. The number of carbonyl (C=O) groups is 1. The highest BCUT2D eigenvalue weighted by molar-refractivity contribution is 6.03. The number of ether oxygens (including phenoxy) is 2. The molecule has 5 heteroatoms. The van der Waals surface area contributed by atoms with Crippen LogP contribution in [0.3, 0.4) is 0 Å². The first-order valence-corrected chi connectivity index (χ1v) is 5.74. The zero-order chi connectivity index (χ0) is 13.8. The normalized spacial score (nSPS) is 10.1. The maximum absolute atomic E-state index is 12.0. The van der Waals surface area contributed by atoms with Crippen molar-refractivity contribution in [3.63, 3.8) is 0 Å². The Bertz CT molecular complexity index is 589. The predicted molar refractivity (Wildman–Crippen MR) is 70.9 cm³/mol. The number of anilines is 1. The molecule has 100 valence electrons. The van der Waals surface area contributed by atoms with Crippen LogP contribution in [0.5, 0.6) is 11.5 Å². The molecule has 0 aliphatic heterocycles. The van der Waals surface area contributed by atoms with Crippen molar-refractivity contribution in [1.29, 1.82) is 0 Å². The van der Waals surface area contributed by atoms with Gasteiger partial charge in [-0.1, -0.05) is 0 Å². The van der Waals surface area contributed by atoms with E-state index >= 15 is 0 Å². The van der Waals surface area contributed by atoms with E-state index in [0.717, 1.165) is 0 Å². The largest absolute Gasteiger partial charge is 0.497 e. The van der Waals surface area contributed by atoms with E-state index in [1.54, 1.807) is 44.4 Å². The van der Waals surface area contributed by atoms with Crippen molar-refractivity contribution in [2.45, 2.75) is 6.92 Å². The molecule has 0 atom stereocenters. The third-order valence-electron chi connectivity index (χ3n) is 2.62. The van der Waals surface area contributed by atoms with E-state index in [0.29, 0.717) is 22.9 Å². The van der Waals surface area contributed by atoms with E-state index in [9.17, 15) is 4.79 Å². The zero-order valence-corrected chi connectivity index (χ0v) is 11.0. The fraction of sp³-hybridized carbons (Fsp3) is 0.214. The lowest BCUT2D eigenvalue weighted by Gasteiger charge is -2.10. The third-order valence-corrected chi connectivity index (χ3v) is 2.62. The Kier molecular flexibility index (Phi) is 3.75. The van der Waals surface area contributed by atoms with Crippen molar-refractivity contribution in [3.8, 4) is 11.5 Å². The zero-order valence-electron chi connectivity index (χ0n) is 11.0. The van der Waals surface area contributed by atoms with Gasteiger partial charge in [0.2, 0.25) is 0 Å². The molecule has 0 saturated carbocycles. The van der Waals surface area contributed by atoms with Gasteiger partial charge in [0.15, 0.2) is 5.76 Å². The molecule has 0 fully saturated rings. The van der Waals surface area contributed by atoms with Gasteiger partial charge in [-0.3, -0.25) is 4.79 Å². The van der Waals surface area contributed by atoms with Crippen LogP contribution in [0.2, 0.25) is 0 Å². The summed E-state index contributed by atoms with van der Waals surface area (Å²) in [6, 6.07) is 8.51. The summed E-state index contributed by atoms with van der Waals surface area (Å²) in [6.45, 7) is 1.78. The van der Waals surface area contributed by atoms with E-state index in [1.165, 1.54) is 7.11 Å². The molecule has 0 bridgehead atoms. The molecule has 2 aromatic rings. The van der Waals surface area contributed by atoms with Crippen molar-refractivity contribution in [1.82, 2.24) is 0 Å². The number of furan rings is 1. The fourth-order valence-corrected chi connectivity index (χ4v) is 1.64. The maximum atomic E-state index is 12.0. The number of methoxy groups -OCH3 is 2. The Morgan fingerprint density at radius 1 is 1.16 bits per heavy atom. The van der Waals surface area contributed by atoms with Crippen molar-refractivity contribution in [2.24, 2.45) is 0 Å². The van der Waals surface area contributed by atoms with Crippen molar-refractivity contribution in [2.75, 3.05) is 19.5 Å². The number of amides is 1. The average Bonchev–Trinajstić information content (AvgIpc) is 2.86. The van der Waals surface area contributed by atoms with E-state index in [-0.39, 0.29) is 11.7 Å². The molecule has 19 heavy (non-hydrogen) atoms. The molecule has 1 aromatic heterocycles. The molecule has 0 radical (unpaired) electrons. The highest BCUT2D eigenvalue weighted by Crippen LogP contribution is 2.29. The second kappa shape index (κ2) is 5.48. The Morgan fingerprint density at radius 2 is 1.95 bits per heavy atom. The van der Waals surface area contributed by atoms with Gasteiger partial charge in [-0.15, -0.1) is 0 Å². The molecule has 1 heterocycles. The van der Waals surface area contributed by atoms with Crippen LogP contribution < -0.4 is 14.8 Å². The third kappa shape index (κ3) is 2.88. The van der Waals surface area contributed by atoms with Gasteiger partial charge in [0.05, 0.1) is 19.9 Å². The molecule has 0 aliphatic rings. The second-order valence-corrected chi connectivity index (χ2v) is 3.93. The first-order valence-electron chi connectivity index (χ1n) is 5.74. The van der Waals surface area contributed by atoms with Gasteiger partial charge in [0.25, 0.3) is 5.91 Å². The molecule has 1 N–H and O–H groups in total. The minimum Gasteiger partial charge on any atom is -0.497 e. The van der Waals surface area contributed by atoms with Gasteiger partial charge in [0.1, 0.15) is 17.3 Å². The molecule has 2 rings (SSSR count). The number of aryl methyl sites for hydroxylation is 1. The van der Waals surface area contributed by atoms with Crippen molar-refractivity contribution in [3.05, 3.63) is 41.9 Å². The quantitative estimate of drug-likeness (QED) is 0.919. The Labute approximate surface area is 111 Å². The van der Waals surface area contributed by atoms with E-state index in [4.69, 9.17) is 13.9 Å². The predicted octanol–water partition coefficient (Wildman–Crippen LogP) is 2.86. The molecule has 0 saturated heterocycles. The topological polar surface area (TPSA) is 60.7 Å². The van der Waals surface area contributed by atoms with E-state index in [1.807, 2.05) is 0 Å². The number of rotatable bonds is 4. The van der Waals surface area contributed by atoms with Crippen LogP contribution in [0.1, 0.15) is 16.3 Å². The number of hydrogen-bond acceptors (Lipinski definition) is 4. The van der Waals surface area contributed by atoms with Crippen LogP contribution >= 0.6 is 0 Å². The fourth-order valence-electron chi connectivity index (χ4n) is 1.64. The lowest BCUT2D eigenvalue weighted by atomic mass is 10.2. The Hall–Kier alpha value is -2.43. The Morgan fingerprint density at radius 3 is 2.53 bits per heavy atom. The molecule has 1 aromatic carbocycles. The first-order chi connectivity index (χ1) is 9.13. The summed E-state index contributed by atoms with van der Waals surface area (Å²) in [7, 11) is 3.10. The van der Waals surface area contributed by atoms with Gasteiger partial charge < -0.3 is 19.2 Å². The van der Waals surface area contributed by atoms with Crippen LogP contribution in [0.4, 0.5) is 5.69 Å². The number of benzene rings is 1. The molecule has 0 spiro atoms. The molecular formula is C14H15NO4. The van der Waals surface area contributed by atoms with Gasteiger partial charge >= 0.3 is 0 Å². The Balaban J connectivity index is 2.21. The van der Waals surface area contributed by atoms with Gasteiger partial charge in [-0.2, -0.15) is 0 Å². The second-order valence-electron chi connectivity index (χ2n) is 3.93. The summed E-state index contributed by atoms with van der Waals surface area (Å²) >= 11 is 0. The summed E-state index contributed by atoms with van der Waals surface area (Å²) < 4.78 is 15.6. The van der Waals surface area contributed by atoms with E-state index in [2.05, 4.69) is 5.32 Å². The van der Waals surface area contributed by atoms with Gasteiger partial charge in [-0.05, 0) is 31.2 Å². The van der Waals surface area contributed by atoms with Crippen LogP contribution in [0.25, 0.3) is 0 Å².